The first-order valence-electron chi connectivity index (χ1n) is 7.33. The van der Waals surface area contributed by atoms with Gasteiger partial charge in [-0.3, -0.25) is 0 Å². The average molecular weight is 272 g/mol. The molecule has 112 valence electrons. The summed E-state index contributed by atoms with van der Waals surface area (Å²) in [5, 5.41) is 0. The fraction of sp³-hybridized carbons (Fsp3) is 0.800. The first kappa shape index (κ1) is 18.1. The van der Waals surface area contributed by atoms with Crippen LogP contribution in [0.15, 0.2) is 12.2 Å². The van der Waals surface area contributed by atoms with Gasteiger partial charge in [-0.2, -0.15) is 0 Å². The summed E-state index contributed by atoms with van der Waals surface area (Å²) in [7, 11) is 0. The van der Waals surface area contributed by atoms with E-state index in [1.54, 1.807) is 6.92 Å². The van der Waals surface area contributed by atoms with Gasteiger partial charge in [0.05, 0.1) is 19.8 Å². The zero-order valence-electron chi connectivity index (χ0n) is 12.7. The number of allylic oxidation sites excluding steroid dienone is 1. The van der Waals surface area contributed by atoms with E-state index >= 15 is 0 Å². The maximum atomic E-state index is 11.1. The van der Waals surface area contributed by atoms with Crippen LogP contribution in [0.4, 0.5) is 0 Å². The Labute approximate surface area is 117 Å². The molecule has 1 heterocycles. The number of rotatable bonds is 7. The summed E-state index contributed by atoms with van der Waals surface area (Å²) in [6.07, 6.45) is 6.77. The molecule has 4 heteroatoms. The Hall–Kier alpha value is -0.870. The van der Waals surface area contributed by atoms with E-state index in [4.69, 9.17) is 14.2 Å². The van der Waals surface area contributed by atoms with Crippen molar-refractivity contribution in [2.75, 3.05) is 19.8 Å². The molecule has 0 radical (unpaired) electrons. The lowest BCUT2D eigenvalue weighted by atomic mass is 10.0. The molecule has 1 rings (SSSR count). The van der Waals surface area contributed by atoms with E-state index < -0.39 is 5.79 Å². The van der Waals surface area contributed by atoms with Crippen LogP contribution in [-0.2, 0) is 19.0 Å². The molecule has 0 spiro atoms. The molecule has 1 aliphatic rings. The highest BCUT2D eigenvalue weighted by Crippen LogP contribution is 2.29. The summed E-state index contributed by atoms with van der Waals surface area (Å²) in [5.41, 5.74) is 0. The first-order valence-corrected chi connectivity index (χ1v) is 7.33. The molecule has 1 saturated heterocycles. The Morgan fingerprint density at radius 1 is 1.21 bits per heavy atom. The summed E-state index contributed by atoms with van der Waals surface area (Å²) >= 11 is 0. The highest BCUT2D eigenvalue weighted by molar-refractivity contribution is 5.81. The van der Waals surface area contributed by atoms with Crippen molar-refractivity contribution >= 4 is 5.97 Å². The smallest absolute Gasteiger partial charge is 0.330 e. The van der Waals surface area contributed by atoms with Gasteiger partial charge < -0.3 is 14.2 Å². The van der Waals surface area contributed by atoms with Crippen molar-refractivity contribution in [3.63, 3.8) is 0 Å². The van der Waals surface area contributed by atoms with Gasteiger partial charge in [0.25, 0.3) is 0 Å². The molecule has 0 aromatic carbocycles. The second-order valence-corrected chi connectivity index (χ2v) is 4.05. The van der Waals surface area contributed by atoms with E-state index in [2.05, 4.69) is 6.92 Å². The van der Waals surface area contributed by atoms with E-state index in [0.717, 1.165) is 25.7 Å². The van der Waals surface area contributed by atoms with Crippen LogP contribution in [0.1, 0.15) is 53.4 Å². The maximum absolute atomic E-state index is 11.1. The Bertz CT molecular complexity index is 255. The van der Waals surface area contributed by atoms with Crippen molar-refractivity contribution in [3.8, 4) is 0 Å². The topological polar surface area (TPSA) is 44.8 Å². The summed E-state index contributed by atoms with van der Waals surface area (Å²) in [6, 6.07) is 0. The molecule has 0 atom stereocenters. The third-order valence-corrected chi connectivity index (χ3v) is 2.68. The van der Waals surface area contributed by atoms with Crippen LogP contribution in [0.3, 0.4) is 0 Å². The lowest BCUT2D eigenvalue weighted by Crippen LogP contribution is -2.29. The Balaban J connectivity index is 0.00000154. The normalized spacial score (nSPS) is 17.1. The number of carbonyl (C=O) groups is 1. The van der Waals surface area contributed by atoms with Crippen molar-refractivity contribution in [2.24, 2.45) is 0 Å². The van der Waals surface area contributed by atoms with Crippen LogP contribution >= 0.6 is 0 Å². The molecular formula is C15H28O4. The maximum Gasteiger partial charge on any atom is 0.330 e. The predicted molar refractivity (Wildman–Crippen MR) is 75.9 cm³/mol. The van der Waals surface area contributed by atoms with E-state index in [-0.39, 0.29) is 5.97 Å². The third-order valence-electron chi connectivity index (χ3n) is 2.68. The number of hydrogen-bond donors (Lipinski definition) is 0. The molecule has 0 unspecified atom stereocenters. The molecule has 4 nitrogen and oxygen atoms in total. The first-order chi connectivity index (χ1) is 9.22. The van der Waals surface area contributed by atoms with Crippen molar-refractivity contribution in [2.45, 2.75) is 59.2 Å². The number of carbonyl (C=O) groups excluding carboxylic acids is 1. The second-order valence-electron chi connectivity index (χ2n) is 4.05. The number of hydrogen-bond acceptors (Lipinski definition) is 4. The van der Waals surface area contributed by atoms with E-state index in [1.165, 1.54) is 6.08 Å². The van der Waals surface area contributed by atoms with Gasteiger partial charge in [-0.25, -0.2) is 4.79 Å². The quantitative estimate of drug-likeness (QED) is 0.526. The van der Waals surface area contributed by atoms with Crippen LogP contribution in [0.2, 0.25) is 0 Å². The lowest BCUT2D eigenvalue weighted by molar-refractivity contribution is -0.166. The molecule has 19 heavy (non-hydrogen) atoms. The van der Waals surface area contributed by atoms with Gasteiger partial charge in [-0.1, -0.05) is 33.3 Å². The van der Waals surface area contributed by atoms with Crippen LogP contribution in [0.25, 0.3) is 0 Å². The van der Waals surface area contributed by atoms with Gasteiger partial charge in [0.2, 0.25) is 0 Å². The van der Waals surface area contributed by atoms with Crippen LogP contribution < -0.4 is 0 Å². The minimum absolute atomic E-state index is 0.287. The van der Waals surface area contributed by atoms with Gasteiger partial charge in [-0.15, -0.1) is 0 Å². The summed E-state index contributed by atoms with van der Waals surface area (Å²) < 4.78 is 16.1. The van der Waals surface area contributed by atoms with E-state index in [9.17, 15) is 4.79 Å². The molecule has 0 amide bonds. The molecule has 1 aliphatic heterocycles. The van der Waals surface area contributed by atoms with E-state index in [0.29, 0.717) is 19.8 Å². The van der Waals surface area contributed by atoms with Crippen molar-refractivity contribution in [1.82, 2.24) is 0 Å². The fourth-order valence-corrected chi connectivity index (χ4v) is 1.96. The number of esters is 1. The highest BCUT2D eigenvalue weighted by Gasteiger charge is 2.34. The Kier molecular flexibility index (Phi) is 10.5. The standard InChI is InChI=1S/C13H22O4.C2H6/c1-3-8-13(16-10-11-17-13)9-6-5-7-12(14)15-4-2;1-2/h5,7H,3-4,6,8-11H2,1-2H3;1-2H3/b7-5+;. The van der Waals surface area contributed by atoms with Gasteiger partial charge in [0.1, 0.15) is 0 Å². The Morgan fingerprint density at radius 3 is 2.37 bits per heavy atom. The van der Waals surface area contributed by atoms with E-state index in [1.807, 2.05) is 19.9 Å². The highest BCUT2D eigenvalue weighted by atomic mass is 16.7. The fourth-order valence-electron chi connectivity index (χ4n) is 1.96. The predicted octanol–water partition coefficient (Wildman–Crippen LogP) is 3.46. The summed E-state index contributed by atoms with van der Waals surface area (Å²) in [6.45, 7) is 9.65. The molecular weight excluding hydrogens is 244 g/mol. The zero-order valence-corrected chi connectivity index (χ0v) is 12.7. The molecule has 0 aromatic rings. The minimum Gasteiger partial charge on any atom is -0.463 e. The van der Waals surface area contributed by atoms with Gasteiger partial charge in [0.15, 0.2) is 5.79 Å². The molecule has 0 bridgehead atoms. The van der Waals surface area contributed by atoms with Gasteiger partial charge in [-0.05, 0) is 13.3 Å². The SMILES string of the molecule is CC.CCCC1(CC/C=C/C(=O)OCC)OCCO1. The molecule has 0 aliphatic carbocycles. The monoisotopic (exact) mass is 272 g/mol. The molecule has 1 fully saturated rings. The van der Waals surface area contributed by atoms with Gasteiger partial charge >= 0.3 is 5.97 Å². The summed E-state index contributed by atoms with van der Waals surface area (Å²) in [5.74, 6) is -0.710. The molecule has 0 saturated carbocycles. The summed E-state index contributed by atoms with van der Waals surface area (Å²) in [4.78, 5) is 11.1. The van der Waals surface area contributed by atoms with Crippen molar-refractivity contribution in [1.29, 1.82) is 0 Å². The third kappa shape index (κ3) is 7.33. The van der Waals surface area contributed by atoms with Crippen LogP contribution in [-0.4, -0.2) is 31.6 Å². The van der Waals surface area contributed by atoms with Crippen molar-refractivity contribution < 1.29 is 19.0 Å². The zero-order chi connectivity index (χ0) is 14.6. The second kappa shape index (κ2) is 11.0. The minimum atomic E-state index is -0.423. The number of ether oxygens (including phenoxy) is 3. The largest absolute Gasteiger partial charge is 0.463 e. The van der Waals surface area contributed by atoms with Gasteiger partial charge in [0, 0.05) is 18.9 Å². The Morgan fingerprint density at radius 2 is 1.84 bits per heavy atom. The lowest BCUT2D eigenvalue weighted by Gasteiger charge is -2.26. The average Bonchev–Trinajstić information content (AvgIpc) is 2.87. The molecule has 0 N–H and O–H groups in total. The molecule has 0 aromatic heterocycles. The van der Waals surface area contributed by atoms with Crippen molar-refractivity contribution in [3.05, 3.63) is 12.2 Å². The van der Waals surface area contributed by atoms with Crippen LogP contribution in [0.5, 0.6) is 0 Å². The van der Waals surface area contributed by atoms with Crippen LogP contribution in [0, 0.1) is 0 Å².